The first-order chi connectivity index (χ1) is 15.5. The average molecular weight is 470 g/mol. The fourth-order valence-corrected chi connectivity index (χ4v) is 5.39. The summed E-state index contributed by atoms with van der Waals surface area (Å²) in [6, 6.07) is 7.67. The van der Waals surface area contributed by atoms with Gasteiger partial charge in [-0.2, -0.15) is 0 Å². The van der Waals surface area contributed by atoms with Crippen LogP contribution in [0.1, 0.15) is 30.1 Å². The molecule has 0 aliphatic heterocycles. The number of fused-ring (bicyclic) bond motifs is 3. The number of thiophene rings is 1. The van der Waals surface area contributed by atoms with Crippen LogP contribution in [0.5, 0.6) is 0 Å². The topological polar surface area (TPSA) is 60.9 Å². The third-order valence-electron chi connectivity index (χ3n) is 5.70. The highest BCUT2D eigenvalue weighted by molar-refractivity contribution is 7.25. The van der Waals surface area contributed by atoms with Crippen LogP contribution in [0.4, 0.5) is 8.78 Å². The molecule has 0 N–H and O–H groups in total. The van der Waals surface area contributed by atoms with E-state index in [1.807, 2.05) is 0 Å². The fraction of sp³-hybridized carbons (Fsp3) is 0.174. The summed E-state index contributed by atoms with van der Waals surface area (Å²) in [6.45, 7) is 0.0607. The molecular weight excluding hydrogens is 456 g/mol. The minimum atomic E-state index is -0.979. The van der Waals surface area contributed by atoms with Crippen molar-refractivity contribution in [3.05, 3.63) is 81.3 Å². The average Bonchev–Trinajstić information content (AvgIpc) is 3.35. The number of hydrogen-bond acceptors (Lipinski definition) is 5. The first-order valence-electron chi connectivity index (χ1n) is 9.99. The molecule has 0 spiro atoms. The van der Waals surface area contributed by atoms with Crippen molar-refractivity contribution in [1.82, 2.24) is 14.5 Å². The Morgan fingerprint density at radius 2 is 2.00 bits per heavy atom. The number of rotatable bonds is 4. The molecule has 32 heavy (non-hydrogen) atoms. The second-order valence-corrected chi connectivity index (χ2v) is 9.31. The van der Waals surface area contributed by atoms with E-state index >= 15 is 0 Å². The van der Waals surface area contributed by atoms with Crippen LogP contribution >= 0.6 is 22.9 Å². The van der Waals surface area contributed by atoms with Gasteiger partial charge in [0.1, 0.15) is 16.4 Å². The number of nitrogens with zero attached hydrogens (tertiary/aromatic N) is 3. The van der Waals surface area contributed by atoms with Crippen molar-refractivity contribution in [3.8, 4) is 11.4 Å². The van der Waals surface area contributed by atoms with Gasteiger partial charge in [-0.15, -0.1) is 11.3 Å². The molecule has 9 heteroatoms. The predicted octanol–water partition coefficient (Wildman–Crippen LogP) is 6.12. The van der Waals surface area contributed by atoms with E-state index in [4.69, 9.17) is 21.0 Å². The molecule has 3 aromatic heterocycles. The minimum absolute atomic E-state index is 0.0607. The van der Waals surface area contributed by atoms with Gasteiger partial charge in [-0.1, -0.05) is 17.7 Å². The Kier molecular flexibility index (Phi) is 4.41. The third kappa shape index (κ3) is 3.13. The molecule has 0 radical (unpaired) electrons. The van der Waals surface area contributed by atoms with Crippen LogP contribution in [0.2, 0.25) is 5.02 Å². The SMILES string of the molecule is O=c1c2c(nc(-c3cc(F)c(F)cc3C3CC3)n1Cc1cnco1)sc1cc(Cl)ccc12. The van der Waals surface area contributed by atoms with E-state index in [0.717, 1.165) is 29.0 Å². The van der Waals surface area contributed by atoms with Crippen molar-refractivity contribution >= 4 is 43.2 Å². The van der Waals surface area contributed by atoms with Gasteiger partial charge in [0.25, 0.3) is 5.56 Å². The van der Waals surface area contributed by atoms with E-state index in [1.54, 1.807) is 18.2 Å². The summed E-state index contributed by atoms with van der Waals surface area (Å²) in [4.78, 5) is 22.9. The second kappa shape index (κ2) is 7.21. The van der Waals surface area contributed by atoms with Crippen molar-refractivity contribution in [2.75, 3.05) is 0 Å². The molecule has 0 amide bonds. The maximum atomic E-state index is 14.3. The van der Waals surface area contributed by atoms with Crippen LogP contribution in [-0.2, 0) is 6.54 Å². The van der Waals surface area contributed by atoms with Gasteiger partial charge in [-0.3, -0.25) is 9.36 Å². The highest BCUT2D eigenvalue weighted by Gasteiger charge is 2.30. The van der Waals surface area contributed by atoms with Crippen LogP contribution in [-0.4, -0.2) is 14.5 Å². The number of benzene rings is 2. The monoisotopic (exact) mass is 469 g/mol. The van der Waals surface area contributed by atoms with Gasteiger partial charge >= 0.3 is 0 Å². The lowest BCUT2D eigenvalue weighted by Crippen LogP contribution is -2.24. The van der Waals surface area contributed by atoms with Crippen molar-refractivity contribution in [2.45, 2.75) is 25.3 Å². The first-order valence-corrected chi connectivity index (χ1v) is 11.2. The van der Waals surface area contributed by atoms with E-state index < -0.39 is 11.6 Å². The summed E-state index contributed by atoms with van der Waals surface area (Å²) in [5, 5.41) is 1.76. The Hall–Kier alpha value is -3.10. The molecule has 0 saturated heterocycles. The number of aromatic nitrogens is 3. The molecule has 0 bridgehead atoms. The smallest absolute Gasteiger partial charge is 0.263 e. The highest BCUT2D eigenvalue weighted by Crippen LogP contribution is 2.45. The van der Waals surface area contributed by atoms with Crippen LogP contribution in [0.15, 0.2) is 52.1 Å². The largest absolute Gasteiger partial charge is 0.447 e. The summed E-state index contributed by atoms with van der Waals surface area (Å²) in [6.07, 6.45) is 4.56. The summed E-state index contributed by atoms with van der Waals surface area (Å²) < 4.78 is 36.1. The van der Waals surface area contributed by atoms with Crippen LogP contribution in [0, 0.1) is 11.6 Å². The van der Waals surface area contributed by atoms with Gasteiger partial charge in [0.15, 0.2) is 18.0 Å². The van der Waals surface area contributed by atoms with Gasteiger partial charge < -0.3 is 4.42 Å². The van der Waals surface area contributed by atoms with E-state index in [0.29, 0.717) is 32.1 Å². The lowest BCUT2D eigenvalue weighted by Gasteiger charge is -2.15. The van der Waals surface area contributed by atoms with E-state index in [1.165, 1.54) is 34.6 Å². The molecule has 6 rings (SSSR count). The number of halogens is 3. The standard InChI is InChI=1S/C23H14ClF2N3O2S/c24-12-3-4-14-19(5-12)32-22-20(14)23(30)29(9-13-8-27-10-31-13)21(28-22)16-7-18(26)17(25)6-15(16)11-1-2-11/h3-8,10-11H,1-2,9H2. The lowest BCUT2D eigenvalue weighted by molar-refractivity contribution is 0.485. The number of hydrogen-bond donors (Lipinski definition) is 0. The van der Waals surface area contributed by atoms with Gasteiger partial charge in [0.05, 0.1) is 18.1 Å². The van der Waals surface area contributed by atoms with Gasteiger partial charge in [-0.05, 0) is 48.6 Å². The predicted molar refractivity (Wildman–Crippen MR) is 119 cm³/mol. The lowest BCUT2D eigenvalue weighted by atomic mass is 10.0. The molecular formula is C23H14ClF2N3O2S. The quantitative estimate of drug-likeness (QED) is 0.318. The van der Waals surface area contributed by atoms with Crippen molar-refractivity contribution in [3.63, 3.8) is 0 Å². The Morgan fingerprint density at radius 1 is 1.19 bits per heavy atom. The second-order valence-electron chi connectivity index (χ2n) is 7.84. The molecule has 3 heterocycles. The van der Waals surface area contributed by atoms with E-state index in [-0.39, 0.29) is 23.8 Å². The molecule has 1 fully saturated rings. The molecule has 160 valence electrons. The maximum absolute atomic E-state index is 14.3. The molecule has 1 saturated carbocycles. The van der Waals surface area contributed by atoms with Crippen LogP contribution in [0.25, 0.3) is 31.7 Å². The Morgan fingerprint density at radius 3 is 2.75 bits per heavy atom. The Bertz CT molecular complexity index is 1570. The molecule has 0 atom stereocenters. The Labute approximate surface area is 188 Å². The summed E-state index contributed by atoms with van der Waals surface area (Å²) in [7, 11) is 0. The van der Waals surface area contributed by atoms with Crippen LogP contribution in [0.3, 0.4) is 0 Å². The normalized spacial score (nSPS) is 14.0. The van der Waals surface area contributed by atoms with Crippen molar-refractivity contribution in [2.24, 2.45) is 0 Å². The Balaban J connectivity index is 1.70. The highest BCUT2D eigenvalue weighted by atomic mass is 35.5. The molecule has 1 aliphatic carbocycles. The van der Waals surface area contributed by atoms with Gasteiger partial charge in [0, 0.05) is 20.7 Å². The molecule has 5 aromatic rings. The zero-order valence-corrected chi connectivity index (χ0v) is 18.0. The van der Waals surface area contributed by atoms with E-state index in [2.05, 4.69) is 4.98 Å². The summed E-state index contributed by atoms with van der Waals surface area (Å²) >= 11 is 7.48. The zero-order valence-electron chi connectivity index (χ0n) is 16.4. The first kappa shape index (κ1) is 19.6. The summed E-state index contributed by atoms with van der Waals surface area (Å²) in [5.74, 6) is -1.04. The van der Waals surface area contributed by atoms with Gasteiger partial charge in [-0.25, -0.2) is 18.7 Å². The minimum Gasteiger partial charge on any atom is -0.447 e. The fourth-order valence-electron chi connectivity index (χ4n) is 4.05. The third-order valence-corrected chi connectivity index (χ3v) is 6.99. The molecule has 5 nitrogen and oxygen atoms in total. The molecule has 1 aliphatic rings. The summed E-state index contributed by atoms with van der Waals surface area (Å²) in [5.41, 5.74) is 0.785. The van der Waals surface area contributed by atoms with Gasteiger partial charge in [0.2, 0.25) is 0 Å². The van der Waals surface area contributed by atoms with Crippen molar-refractivity contribution < 1.29 is 13.2 Å². The number of oxazole rings is 1. The molecule has 0 unspecified atom stereocenters. The zero-order chi connectivity index (χ0) is 22.0. The van der Waals surface area contributed by atoms with E-state index in [9.17, 15) is 13.6 Å². The van der Waals surface area contributed by atoms with Crippen molar-refractivity contribution in [1.29, 1.82) is 0 Å². The van der Waals surface area contributed by atoms with Crippen LogP contribution < -0.4 is 5.56 Å². The molecule has 2 aromatic carbocycles. The maximum Gasteiger partial charge on any atom is 0.263 e.